The number of hydrogen-bond acceptors (Lipinski definition) is 4. The van der Waals surface area contributed by atoms with E-state index in [-0.39, 0.29) is 0 Å². The summed E-state index contributed by atoms with van der Waals surface area (Å²) >= 11 is 12.1. The molecule has 0 amide bonds. The molecule has 0 spiro atoms. The van der Waals surface area contributed by atoms with E-state index < -0.39 is 5.77 Å². The monoisotopic (exact) mass is 388 g/mol. The molecule has 0 heterocycles. The second kappa shape index (κ2) is 8.23. The summed E-state index contributed by atoms with van der Waals surface area (Å²) in [5.41, 5.74) is 0. The molecule has 0 saturated heterocycles. The fourth-order valence-corrected chi connectivity index (χ4v) is 8.95. The lowest BCUT2D eigenvalue weighted by atomic mass is 10.4. The molecule has 0 saturated carbocycles. The Hall–Kier alpha value is 0.880. The van der Waals surface area contributed by atoms with Crippen LogP contribution in [0.2, 0.25) is 5.02 Å². The standard InChI is InChI=1S/C11H15BrClO2PS2/c1-3-7-17-16(14,15-4-2)18-11-6-5-9(12)8-10(11)13/h5-6,8H,3-4,7H2,1-2H3. The minimum absolute atomic E-state index is 0.440. The van der Waals surface area contributed by atoms with E-state index in [1.807, 2.05) is 19.1 Å². The highest BCUT2D eigenvalue weighted by molar-refractivity contribution is 9.10. The predicted molar refractivity (Wildman–Crippen MR) is 87.0 cm³/mol. The van der Waals surface area contributed by atoms with Crippen LogP contribution in [-0.4, -0.2) is 12.4 Å². The molecule has 18 heavy (non-hydrogen) atoms. The first-order valence-corrected chi connectivity index (χ1v) is 11.4. The minimum atomic E-state index is -2.77. The van der Waals surface area contributed by atoms with Crippen molar-refractivity contribution in [1.29, 1.82) is 0 Å². The third-order valence-electron chi connectivity index (χ3n) is 1.84. The maximum Gasteiger partial charge on any atom is 0.317 e. The molecule has 0 radical (unpaired) electrons. The summed E-state index contributed by atoms with van der Waals surface area (Å²) in [5.74, 6) is -1.95. The van der Waals surface area contributed by atoms with Crippen molar-refractivity contribution >= 4 is 56.1 Å². The topological polar surface area (TPSA) is 26.3 Å². The Morgan fingerprint density at radius 3 is 2.72 bits per heavy atom. The third-order valence-corrected chi connectivity index (χ3v) is 10.0. The van der Waals surface area contributed by atoms with Gasteiger partial charge in [0.15, 0.2) is 0 Å². The Kier molecular flexibility index (Phi) is 7.74. The molecule has 7 heteroatoms. The highest BCUT2D eigenvalue weighted by Crippen LogP contribution is 2.72. The van der Waals surface area contributed by atoms with Crippen LogP contribution in [0.1, 0.15) is 20.3 Å². The molecule has 0 bridgehead atoms. The summed E-state index contributed by atoms with van der Waals surface area (Å²) in [5, 5.41) is 0.589. The zero-order chi connectivity index (χ0) is 13.6. The molecule has 1 atom stereocenters. The van der Waals surface area contributed by atoms with Gasteiger partial charge in [-0.25, -0.2) is 0 Å². The van der Waals surface area contributed by atoms with Crippen LogP contribution in [0, 0.1) is 0 Å². The van der Waals surface area contributed by atoms with Crippen molar-refractivity contribution in [2.24, 2.45) is 0 Å². The van der Waals surface area contributed by atoms with E-state index in [1.54, 1.807) is 6.07 Å². The molecule has 1 aromatic rings. The van der Waals surface area contributed by atoms with Gasteiger partial charge in [0.25, 0.3) is 0 Å². The fraction of sp³-hybridized carbons (Fsp3) is 0.455. The van der Waals surface area contributed by atoms with E-state index in [2.05, 4.69) is 22.9 Å². The molecule has 2 nitrogen and oxygen atoms in total. The highest BCUT2D eigenvalue weighted by atomic mass is 79.9. The van der Waals surface area contributed by atoms with Crippen molar-refractivity contribution in [1.82, 2.24) is 0 Å². The average molecular weight is 390 g/mol. The van der Waals surface area contributed by atoms with E-state index in [4.69, 9.17) is 16.1 Å². The molecule has 0 aliphatic rings. The van der Waals surface area contributed by atoms with Crippen molar-refractivity contribution in [3.8, 4) is 0 Å². The van der Waals surface area contributed by atoms with Gasteiger partial charge in [-0.15, -0.1) is 0 Å². The van der Waals surface area contributed by atoms with Gasteiger partial charge in [0.1, 0.15) is 0 Å². The van der Waals surface area contributed by atoms with Crippen LogP contribution in [0.25, 0.3) is 0 Å². The van der Waals surface area contributed by atoms with Gasteiger partial charge >= 0.3 is 5.77 Å². The van der Waals surface area contributed by atoms with Gasteiger partial charge in [0.05, 0.1) is 11.6 Å². The lowest BCUT2D eigenvalue weighted by molar-refractivity contribution is 0.357. The maximum atomic E-state index is 12.6. The predicted octanol–water partition coefficient (Wildman–Crippen LogP) is 6.48. The van der Waals surface area contributed by atoms with Crippen LogP contribution < -0.4 is 0 Å². The van der Waals surface area contributed by atoms with Crippen LogP contribution in [-0.2, 0) is 9.09 Å². The van der Waals surface area contributed by atoms with Crippen LogP contribution in [0.5, 0.6) is 0 Å². The second-order valence-corrected chi connectivity index (χ2v) is 12.0. The number of hydrogen-bond donors (Lipinski definition) is 0. The van der Waals surface area contributed by atoms with Crippen LogP contribution >= 0.6 is 56.1 Å². The molecule has 0 fully saturated rings. The molecule has 1 rings (SSSR count). The van der Waals surface area contributed by atoms with E-state index in [9.17, 15) is 4.57 Å². The summed E-state index contributed by atoms with van der Waals surface area (Å²) in [7, 11) is 0. The van der Waals surface area contributed by atoms with E-state index >= 15 is 0 Å². The lowest BCUT2D eigenvalue weighted by Gasteiger charge is -2.16. The van der Waals surface area contributed by atoms with Gasteiger partial charge in [0, 0.05) is 15.1 Å². The number of halogens is 2. The molecule has 0 aromatic heterocycles. The fourth-order valence-electron chi connectivity index (χ4n) is 1.12. The van der Waals surface area contributed by atoms with Gasteiger partial charge in [0.2, 0.25) is 0 Å². The quantitative estimate of drug-likeness (QED) is 0.498. The smallest absolute Gasteiger partial charge is 0.314 e. The van der Waals surface area contributed by atoms with Gasteiger partial charge in [-0.05, 0) is 42.9 Å². The van der Waals surface area contributed by atoms with E-state index in [0.29, 0.717) is 11.6 Å². The van der Waals surface area contributed by atoms with Crippen molar-refractivity contribution in [3.63, 3.8) is 0 Å². The molecule has 1 aromatic carbocycles. The average Bonchev–Trinajstić information content (AvgIpc) is 2.31. The Bertz CT molecular complexity index is 445. The summed E-state index contributed by atoms with van der Waals surface area (Å²) < 4.78 is 19.0. The summed E-state index contributed by atoms with van der Waals surface area (Å²) in [4.78, 5) is 0.792. The van der Waals surface area contributed by atoms with Crippen LogP contribution in [0.15, 0.2) is 27.6 Å². The Labute approximate surface area is 130 Å². The minimum Gasteiger partial charge on any atom is -0.314 e. The zero-order valence-electron chi connectivity index (χ0n) is 10.2. The summed E-state index contributed by atoms with van der Waals surface area (Å²) in [6.07, 6.45) is 0.969. The highest BCUT2D eigenvalue weighted by Gasteiger charge is 2.26. The van der Waals surface area contributed by atoms with Crippen LogP contribution in [0.3, 0.4) is 0 Å². The van der Waals surface area contributed by atoms with Crippen LogP contribution in [0.4, 0.5) is 0 Å². The van der Waals surface area contributed by atoms with E-state index in [0.717, 1.165) is 21.5 Å². The first-order valence-electron chi connectivity index (χ1n) is 5.54. The molecular weight excluding hydrogens is 375 g/mol. The maximum absolute atomic E-state index is 12.6. The zero-order valence-corrected chi connectivity index (χ0v) is 15.1. The number of benzene rings is 1. The Balaban J connectivity index is 2.85. The molecule has 0 N–H and O–H groups in total. The van der Waals surface area contributed by atoms with E-state index in [1.165, 1.54) is 22.8 Å². The molecule has 102 valence electrons. The van der Waals surface area contributed by atoms with Crippen molar-refractivity contribution < 1.29 is 9.09 Å². The number of rotatable bonds is 7. The van der Waals surface area contributed by atoms with Gasteiger partial charge in [-0.3, -0.25) is 4.57 Å². The Morgan fingerprint density at radius 2 is 2.17 bits per heavy atom. The van der Waals surface area contributed by atoms with Gasteiger partial charge in [-0.1, -0.05) is 45.8 Å². The molecule has 0 aliphatic heterocycles. The van der Waals surface area contributed by atoms with Gasteiger partial charge < -0.3 is 4.52 Å². The second-order valence-electron chi connectivity index (χ2n) is 3.36. The lowest BCUT2D eigenvalue weighted by Crippen LogP contribution is -1.85. The largest absolute Gasteiger partial charge is 0.317 e. The van der Waals surface area contributed by atoms with Crippen molar-refractivity contribution in [3.05, 3.63) is 27.7 Å². The Morgan fingerprint density at radius 1 is 1.44 bits per heavy atom. The molecule has 0 aliphatic carbocycles. The van der Waals surface area contributed by atoms with Crippen molar-refractivity contribution in [2.75, 3.05) is 12.4 Å². The SMILES string of the molecule is CCCSP(=O)(OCC)Sc1ccc(Br)cc1Cl. The van der Waals surface area contributed by atoms with Crippen molar-refractivity contribution in [2.45, 2.75) is 25.2 Å². The molecular formula is C11H15BrClO2PS2. The normalized spacial score (nSPS) is 14.4. The third kappa shape index (κ3) is 5.48. The first-order chi connectivity index (χ1) is 8.50. The molecule has 1 unspecified atom stereocenters. The summed E-state index contributed by atoms with van der Waals surface area (Å²) in [6.45, 7) is 4.35. The van der Waals surface area contributed by atoms with Gasteiger partial charge in [-0.2, -0.15) is 0 Å². The summed E-state index contributed by atoms with van der Waals surface area (Å²) in [6, 6.07) is 5.54. The first kappa shape index (κ1) is 16.9.